The number of piperazine rings is 1. The molecule has 128 valence electrons. The molecule has 0 N–H and O–H groups in total. The SMILES string of the molecule is Cc1cc(CN2CCN(C(=O)[C@@H]3C[C@@H]3c3cnn(C)c3)CC2)on1. The lowest BCUT2D eigenvalue weighted by atomic mass is 10.1. The predicted molar refractivity (Wildman–Crippen MR) is 87.2 cm³/mol. The molecular formula is C17H23N5O2. The molecule has 24 heavy (non-hydrogen) atoms. The Hall–Kier alpha value is -2.15. The largest absolute Gasteiger partial charge is 0.360 e. The summed E-state index contributed by atoms with van der Waals surface area (Å²) in [6.07, 6.45) is 4.87. The monoisotopic (exact) mass is 329 g/mol. The van der Waals surface area contributed by atoms with E-state index in [9.17, 15) is 4.79 Å². The molecule has 1 aliphatic carbocycles. The second kappa shape index (κ2) is 6.05. The van der Waals surface area contributed by atoms with Gasteiger partial charge in [-0.1, -0.05) is 5.16 Å². The highest BCUT2D eigenvalue weighted by atomic mass is 16.5. The van der Waals surface area contributed by atoms with Crippen molar-refractivity contribution in [1.82, 2.24) is 24.7 Å². The van der Waals surface area contributed by atoms with Gasteiger partial charge >= 0.3 is 0 Å². The van der Waals surface area contributed by atoms with Gasteiger partial charge < -0.3 is 9.42 Å². The van der Waals surface area contributed by atoms with Crippen LogP contribution in [0.15, 0.2) is 23.0 Å². The maximum atomic E-state index is 12.7. The van der Waals surface area contributed by atoms with E-state index in [0.29, 0.717) is 11.8 Å². The molecule has 7 nitrogen and oxygen atoms in total. The average Bonchev–Trinajstić information content (AvgIpc) is 3.09. The lowest BCUT2D eigenvalue weighted by molar-refractivity contribution is -0.134. The highest BCUT2D eigenvalue weighted by Gasteiger charge is 2.46. The molecule has 0 radical (unpaired) electrons. The minimum Gasteiger partial charge on any atom is -0.360 e. The third-order valence-corrected chi connectivity index (χ3v) is 5.00. The standard InChI is InChI=1S/C17H23N5O2/c1-12-7-14(24-19-12)11-21-3-5-22(6-4-21)17(23)16-8-15(16)13-9-18-20(2)10-13/h7,9-10,15-16H,3-6,8,11H2,1-2H3/t15-,16-/m1/s1. The van der Waals surface area contributed by atoms with Gasteiger partial charge in [-0.25, -0.2) is 0 Å². The van der Waals surface area contributed by atoms with E-state index in [1.807, 2.05) is 37.3 Å². The number of aromatic nitrogens is 3. The lowest BCUT2D eigenvalue weighted by Crippen LogP contribution is -2.48. The van der Waals surface area contributed by atoms with Gasteiger partial charge in [0.05, 0.1) is 18.4 Å². The average molecular weight is 329 g/mol. The van der Waals surface area contributed by atoms with Gasteiger partial charge in [-0.15, -0.1) is 0 Å². The van der Waals surface area contributed by atoms with Gasteiger partial charge in [0.1, 0.15) is 0 Å². The Balaban J connectivity index is 1.28. The summed E-state index contributed by atoms with van der Waals surface area (Å²) in [6, 6.07) is 1.97. The van der Waals surface area contributed by atoms with Crippen molar-refractivity contribution in [1.29, 1.82) is 0 Å². The summed E-state index contributed by atoms with van der Waals surface area (Å²) in [5.41, 5.74) is 2.10. The molecule has 2 aliphatic rings. The Morgan fingerprint density at radius 3 is 2.75 bits per heavy atom. The van der Waals surface area contributed by atoms with E-state index in [0.717, 1.165) is 50.6 Å². The van der Waals surface area contributed by atoms with Crippen LogP contribution in [0, 0.1) is 12.8 Å². The smallest absolute Gasteiger partial charge is 0.226 e. The van der Waals surface area contributed by atoms with Gasteiger partial charge in [0.2, 0.25) is 5.91 Å². The first-order valence-electron chi connectivity index (χ1n) is 8.52. The van der Waals surface area contributed by atoms with Crippen molar-refractivity contribution in [3.63, 3.8) is 0 Å². The molecule has 7 heteroatoms. The fourth-order valence-corrected chi connectivity index (χ4v) is 3.54. The Bertz CT molecular complexity index is 729. The van der Waals surface area contributed by atoms with Crippen LogP contribution < -0.4 is 0 Å². The zero-order chi connectivity index (χ0) is 16.7. The number of nitrogens with zero attached hydrogens (tertiary/aromatic N) is 5. The van der Waals surface area contributed by atoms with E-state index in [1.54, 1.807) is 4.68 Å². The third kappa shape index (κ3) is 3.08. The molecule has 2 fully saturated rings. The van der Waals surface area contributed by atoms with Crippen LogP contribution in [0.25, 0.3) is 0 Å². The first-order valence-corrected chi connectivity index (χ1v) is 8.52. The summed E-state index contributed by atoms with van der Waals surface area (Å²) in [5.74, 6) is 1.71. The fourth-order valence-electron chi connectivity index (χ4n) is 3.54. The van der Waals surface area contributed by atoms with Gasteiger partial charge in [0.15, 0.2) is 5.76 Å². The molecule has 1 saturated heterocycles. The van der Waals surface area contributed by atoms with E-state index in [2.05, 4.69) is 15.2 Å². The van der Waals surface area contributed by atoms with Crippen molar-refractivity contribution in [2.24, 2.45) is 13.0 Å². The van der Waals surface area contributed by atoms with Crippen molar-refractivity contribution in [2.75, 3.05) is 26.2 Å². The highest BCUT2D eigenvalue weighted by molar-refractivity contribution is 5.83. The Labute approximate surface area is 141 Å². The molecule has 1 aliphatic heterocycles. The van der Waals surface area contributed by atoms with E-state index >= 15 is 0 Å². The number of rotatable bonds is 4. The second-order valence-electron chi connectivity index (χ2n) is 6.93. The first-order chi connectivity index (χ1) is 11.6. The normalized spacial score (nSPS) is 24.3. The number of aryl methyl sites for hydroxylation is 2. The molecule has 3 heterocycles. The summed E-state index contributed by atoms with van der Waals surface area (Å²) in [4.78, 5) is 17.0. The number of hydrogen-bond acceptors (Lipinski definition) is 5. The van der Waals surface area contributed by atoms with Crippen molar-refractivity contribution in [2.45, 2.75) is 25.8 Å². The quantitative estimate of drug-likeness (QED) is 0.842. The molecule has 0 spiro atoms. The molecule has 4 rings (SSSR count). The van der Waals surface area contributed by atoms with E-state index in [1.165, 1.54) is 5.56 Å². The third-order valence-electron chi connectivity index (χ3n) is 5.00. The van der Waals surface area contributed by atoms with E-state index in [-0.39, 0.29) is 5.92 Å². The number of carbonyl (C=O) groups excluding carboxylic acids is 1. The number of amides is 1. The zero-order valence-corrected chi connectivity index (χ0v) is 14.2. The van der Waals surface area contributed by atoms with Gasteiger partial charge in [0, 0.05) is 51.4 Å². The Morgan fingerprint density at radius 1 is 1.33 bits per heavy atom. The molecule has 2 aromatic rings. The maximum absolute atomic E-state index is 12.7. The van der Waals surface area contributed by atoms with Crippen LogP contribution >= 0.6 is 0 Å². The van der Waals surface area contributed by atoms with Crippen LogP contribution in [-0.2, 0) is 18.4 Å². The molecule has 0 aromatic carbocycles. The van der Waals surface area contributed by atoms with Crippen molar-refractivity contribution < 1.29 is 9.32 Å². The fraction of sp³-hybridized carbons (Fsp3) is 0.588. The van der Waals surface area contributed by atoms with Crippen LogP contribution in [0.3, 0.4) is 0 Å². The summed E-state index contributed by atoms with van der Waals surface area (Å²) in [7, 11) is 1.91. The van der Waals surface area contributed by atoms with E-state index in [4.69, 9.17) is 4.52 Å². The summed E-state index contributed by atoms with van der Waals surface area (Å²) in [6.45, 7) is 6.05. The molecule has 0 bridgehead atoms. The van der Waals surface area contributed by atoms with Crippen molar-refractivity contribution in [3.8, 4) is 0 Å². The zero-order valence-electron chi connectivity index (χ0n) is 14.2. The van der Waals surface area contributed by atoms with Gasteiger partial charge in [-0.3, -0.25) is 14.4 Å². The van der Waals surface area contributed by atoms with E-state index < -0.39 is 0 Å². The first kappa shape index (κ1) is 15.4. The van der Waals surface area contributed by atoms with Crippen molar-refractivity contribution >= 4 is 5.91 Å². The van der Waals surface area contributed by atoms with Crippen LogP contribution in [0.2, 0.25) is 0 Å². The predicted octanol–water partition coefficient (Wildman–Crippen LogP) is 1.16. The van der Waals surface area contributed by atoms with Crippen molar-refractivity contribution in [3.05, 3.63) is 35.5 Å². The van der Waals surface area contributed by atoms with Gasteiger partial charge in [0.25, 0.3) is 0 Å². The van der Waals surface area contributed by atoms with Gasteiger partial charge in [-0.05, 0) is 24.8 Å². The Morgan fingerprint density at radius 2 is 2.12 bits per heavy atom. The number of carbonyl (C=O) groups is 1. The van der Waals surface area contributed by atoms with Crippen LogP contribution in [0.5, 0.6) is 0 Å². The summed E-state index contributed by atoms with van der Waals surface area (Å²) >= 11 is 0. The van der Waals surface area contributed by atoms with Crippen LogP contribution in [-0.4, -0.2) is 56.8 Å². The Kier molecular flexibility index (Phi) is 3.88. The molecule has 1 amide bonds. The lowest BCUT2D eigenvalue weighted by Gasteiger charge is -2.34. The van der Waals surface area contributed by atoms with Crippen LogP contribution in [0.4, 0.5) is 0 Å². The molecule has 1 saturated carbocycles. The molecule has 0 unspecified atom stereocenters. The molecule has 2 aromatic heterocycles. The molecule has 2 atom stereocenters. The highest BCUT2D eigenvalue weighted by Crippen LogP contribution is 2.48. The summed E-state index contributed by atoms with van der Waals surface area (Å²) < 4.78 is 7.08. The minimum absolute atomic E-state index is 0.151. The molecular weight excluding hydrogens is 306 g/mol. The second-order valence-corrected chi connectivity index (χ2v) is 6.93. The maximum Gasteiger partial charge on any atom is 0.226 e. The van der Waals surface area contributed by atoms with Gasteiger partial charge in [-0.2, -0.15) is 5.10 Å². The minimum atomic E-state index is 0.151. The summed E-state index contributed by atoms with van der Waals surface area (Å²) in [5, 5.41) is 8.13. The number of hydrogen-bond donors (Lipinski definition) is 0. The van der Waals surface area contributed by atoms with Crippen LogP contribution in [0.1, 0.15) is 29.4 Å². The topological polar surface area (TPSA) is 67.4 Å².